The molecule has 4 rings (SSSR count). The molecule has 0 spiro atoms. The van der Waals surface area contributed by atoms with Gasteiger partial charge in [0.2, 0.25) is 0 Å². The molecule has 24 heavy (non-hydrogen) atoms. The van der Waals surface area contributed by atoms with Gasteiger partial charge in [-0.2, -0.15) is 0 Å². The maximum atomic E-state index is 5.41. The van der Waals surface area contributed by atoms with Crippen LogP contribution in [0.25, 0.3) is 21.8 Å². The van der Waals surface area contributed by atoms with Crippen molar-refractivity contribution in [3.8, 4) is 21.8 Å². The summed E-state index contributed by atoms with van der Waals surface area (Å²) >= 11 is 5.13. The Morgan fingerprint density at radius 3 is 2.62 bits per heavy atom. The summed E-state index contributed by atoms with van der Waals surface area (Å²) in [4.78, 5) is 11.6. The van der Waals surface area contributed by atoms with Crippen molar-refractivity contribution < 1.29 is 4.74 Å². The highest BCUT2D eigenvalue weighted by molar-refractivity contribution is 9.10. The number of pyridine rings is 1. The molecule has 0 atom stereocenters. The number of morpholine rings is 1. The van der Waals surface area contributed by atoms with Crippen LogP contribution in [0.4, 0.5) is 5.82 Å². The number of rotatable bonds is 3. The third-order valence-corrected chi connectivity index (χ3v) is 5.39. The van der Waals surface area contributed by atoms with Crippen LogP contribution in [0.5, 0.6) is 0 Å². The van der Waals surface area contributed by atoms with Gasteiger partial charge in [-0.3, -0.25) is 0 Å². The van der Waals surface area contributed by atoms with Gasteiger partial charge in [0.15, 0.2) is 0 Å². The zero-order valence-corrected chi connectivity index (χ0v) is 15.4. The summed E-state index contributed by atoms with van der Waals surface area (Å²) in [5.41, 5.74) is 3.25. The predicted octanol–water partition coefficient (Wildman–Crippen LogP) is 4.47. The second-order valence-electron chi connectivity index (χ2n) is 5.55. The molecule has 1 aromatic carbocycles. The van der Waals surface area contributed by atoms with Crippen LogP contribution in [0.2, 0.25) is 0 Å². The van der Waals surface area contributed by atoms with Crippen LogP contribution in [0.1, 0.15) is 0 Å². The Balaban J connectivity index is 1.61. The van der Waals surface area contributed by atoms with Crippen molar-refractivity contribution in [2.24, 2.45) is 0 Å². The van der Waals surface area contributed by atoms with E-state index in [0.29, 0.717) is 0 Å². The highest BCUT2D eigenvalue weighted by atomic mass is 79.9. The molecule has 4 nitrogen and oxygen atoms in total. The Kier molecular flexibility index (Phi) is 4.60. The maximum absolute atomic E-state index is 5.41. The average molecular weight is 402 g/mol. The van der Waals surface area contributed by atoms with Gasteiger partial charge in [0.25, 0.3) is 0 Å². The summed E-state index contributed by atoms with van der Waals surface area (Å²) in [6.07, 6.45) is 1.86. The molecule has 2 aromatic heterocycles. The molecule has 1 saturated heterocycles. The third kappa shape index (κ3) is 3.36. The van der Waals surface area contributed by atoms with Crippen LogP contribution in [-0.4, -0.2) is 36.3 Å². The lowest BCUT2D eigenvalue weighted by Crippen LogP contribution is -2.36. The second-order valence-corrected chi connectivity index (χ2v) is 7.32. The molecule has 1 fully saturated rings. The van der Waals surface area contributed by atoms with Crippen molar-refractivity contribution in [1.82, 2.24) is 9.97 Å². The zero-order chi connectivity index (χ0) is 16.4. The van der Waals surface area contributed by atoms with E-state index in [1.807, 2.05) is 24.4 Å². The first kappa shape index (κ1) is 15.7. The normalized spacial score (nSPS) is 14.8. The standard InChI is InChI=1S/C18H16BrN3OS/c19-15-3-1-13(2-4-15)16-12-24-18(21-16)14-5-6-20-17(11-14)22-7-9-23-10-8-22/h1-6,11-12H,7-10H2. The lowest BCUT2D eigenvalue weighted by Gasteiger charge is -2.27. The Bertz CT molecular complexity index is 828. The van der Waals surface area contributed by atoms with Crippen LogP contribution < -0.4 is 4.90 Å². The quantitative estimate of drug-likeness (QED) is 0.648. The highest BCUT2D eigenvalue weighted by Crippen LogP contribution is 2.30. The molecular formula is C18H16BrN3OS. The van der Waals surface area contributed by atoms with E-state index in [-0.39, 0.29) is 0 Å². The maximum Gasteiger partial charge on any atom is 0.129 e. The molecule has 0 amide bonds. The largest absolute Gasteiger partial charge is 0.378 e. The van der Waals surface area contributed by atoms with E-state index in [1.165, 1.54) is 0 Å². The highest BCUT2D eigenvalue weighted by Gasteiger charge is 2.14. The van der Waals surface area contributed by atoms with Gasteiger partial charge in [0, 0.05) is 40.3 Å². The Morgan fingerprint density at radius 1 is 1.04 bits per heavy atom. The van der Waals surface area contributed by atoms with Crippen LogP contribution in [-0.2, 0) is 4.74 Å². The number of aromatic nitrogens is 2. The number of nitrogens with zero attached hydrogens (tertiary/aromatic N) is 3. The molecule has 1 aliphatic heterocycles. The first-order valence-electron chi connectivity index (χ1n) is 7.80. The SMILES string of the molecule is Brc1ccc(-c2csc(-c3ccnc(N4CCOCC4)c3)n2)cc1. The second kappa shape index (κ2) is 7.01. The summed E-state index contributed by atoms with van der Waals surface area (Å²) in [5, 5.41) is 3.12. The molecule has 0 radical (unpaired) electrons. The molecule has 0 unspecified atom stereocenters. The number of hydrogen-bond acceptors (Lipinski definition) is 5. The summed E-state index contributed by atoms with van der Waals surface area (Å²) < 4.78 is 6.49. The Hall–Kier alpha value is -1.76. The Labute approximate surface area is 153 Å². The van der Waals surface area contributed by atoms with Crippen LogP contribution in [0, 0.1) is 0 Å². The molecular weight excluding hydrogens is 386 g/mol. The summed E-state index contributed by atoms with van der Waals surface area (Å²) in [5.74, 6) is 0.996. The van der Waals surface area contributed by atoms with Gasteiger partial charge in [0.1, 0.15) is 10.8 Å². The molecule has 0 aliphatic carbocycles. The van der Waals surface area contributed by atoms with Crippen LogP contribution in [0.3, 0.4) is 0 Å². The number of halogens is 1. The van der Waals surface area contributed by atoms with Gasteiger partial charge >= 0.3 is 0 Å². The van der Waals surface area contributed by atoms with E-state index in [0.717, 1.165) is 58.4 Å². The number of benzene rings is 1. The van der Waals surface area contributed by atoms with Crippen molar-refractivity contribution in [3.63, 3.8) is 0 Å². The van der Waals surface area contributed by atoms with Crippen molar-refractivity contribution in [2.45, 2.75) is 0 Å². The number of ether oxygens (including phenoxy) is 1. The van der Waals surface area contributed by atoms with Crippen LogP contribution in [0.15, 0.2) is 52.4 Å². The predicted molar refractivity (Wildman–Crippen MR) is 102 cm³/mol. The number of thiazole rings is 1. The van der Waals surface area contributed by atoms with Gasteiger partial charge in [-0.15, -0.1) is 11.3 Å². The Morgan fingerprint density at radius 2 is 1.83 bits per heavy atom. The molecule has 6 heteroatoms. The number of hydrogen-bond donors (Lipinski definition) is 0. The zero-order valence-electron chi connectivity index (χ0n) is 13.0. The average Bonchev–Trinajstić information content (AvgIpc) is 3.13. The van der Waals surface area contributed by atoms with E-state index < -0.39 is 0 Å². The monoisotopic (exact) mass is 401 g/mol. The van der Waals surface area contributed by atoms with Gasteiger partial charge in [-0.1, -0.05) is 28.1 Å². The third-order valence-electron chi connectivity index (χ3n) is 3.97. The molecule has 122 valence electrons. The van der Waals surface area contributed by atoms with E-state index in [2.05, 4.69) is 49.4 Å². The molecule has 0 saturated carbocycles. The molecule has 1 aliphatic rings. The van der Waals surface area contributed by atoms with Crippen molar-refractivity contribution in [3.05, 3.63) is 52.4 Å². The van der Waals surface area contributed by atoms with E-state index in [9.17, 15) is 0 Å². The fourth-order valence-corrected chi connectivity index (χ4v) is 3.77. The molecule has 3 heterocycles. The smallest absolute Gasteiger partial charge is 0.129 e. The summed E-state index contributed by atoms with van der Waals surface area (Å²) in [6, 6.07) is 12.4. The van der Waals surface area contributed by atoms with E-state index in [1.54, 1.807) is 11.3 Å². The summed E-state index contributed by atoms with van der Waals surface area (Å²) in [6.45, 7) is 3.30. The lowest BCUT2D eigenvalue weighted by molar-refractivity contribution is 0.122. The summed E-state index contributed by atoms with van der Waals surface area (Å²) in [7, 11) is 0. The minimum absolute atomic E-state index is 0.761. The topological polar surface area (TPSA) is 38.2 Å². The van der Waals surface area contributed by atoms with Gasteiger partial charge in [-0.05, 0) is 24.3 Å². The molecule has 3 aromatic rings. The van der Waals surface area contributed by atoms with E-state index in [4.69, 9.17) is 9.72 Å². The minimum Gasteiger partial charge on any atom is -0.378 e. The first-order chi connectivity index (χ1) is 11.8. The lowest BCUT2D eigenvalue weighted by atomic mass is 10.2. The fourth-order valence-electron chi connectivity index (χ4n) is 2.68. The van der Waals surface area contributed by atoms with Gasteiger partial charge < -0.3 is 9.64 Å². The van der Waals surface area contributed by atoms with Crippen molar-refractivity contribution in [2.75, 3.05) is 31.2 Å². The molecule has 0 N–H and O–H groups in total. The van der Waals surface area contributed by atoms with Crippen LogP contribution >= 0.6 is 27.3 Å². The fraction of sp³-hybridized carbons (Fsp3) is 0.222. The van der Waals surface area contributed by atoms with E-state index >= 15 is 0 Å². The van der Waals surface area contributed by atoms with Crippen molar-refractivity contribution >= 4 is 33.1 Å². The molecule has 0 bridgehead atoms. The van der Waals surface area contributed by atoms with Gasteiger partial charge in [0.05, 0.1) is 18.9 Å². The van der Waals surface area contributed by atoms with Crippen molar-refractivity contribution in [1.29, 1.82) is 0 Å². The number of anilines is 1. The first-order valence-corrected chi connectivity index (χ1v) is 9.47. The minimum atomic E-state index is 0.761. The van der Waals surface area contributed by atoms with Gasteiger partial charge in [-0.25, -0.2) is 9.97 Å².